The molecule has 0 unspecified atom stereocenters. The van der Waals surface area contributed by atoms with Crippen molar-refractivity contribution in [2.45, 2.75) is 18.7 Å². The normalized spacial score (nSPS) is 11.6. The van der Waals surface area contributed by atoms with Crippen molar-refractivity contribution >= 4 is 51.0 Å². The van der Waals surface area contributed by atoms with Gasteiger partial charge in [0.1, 0.15) is 12.3 Å². The fraction of sp³-hybridized carbons (Fsp3) is 0.200. The van der Waals surface area contributed by atoms with Crippen LogP contribution in [0.2, 0.25) is 10.0 Å². The summed E-state index contributed by atoms with van der Waals surface area (Å²) in [5.74, 6) is 0.504. The maximum Gasteiger partial charge on any atom is 0.264 e. The monoisotopic (exact) mass is 533 g/mol. The molecule has 0 aliphatic carbocycles. The second-order valence-electron chi connectivity index (χ2n) is 7.99. The lowest BCUT2D eigenvalue weighted by Crippen LogP contribution is -2.39. The Morgan fingerprint density at radius 3 is 2.37 bits per heavy atom. The number of sulfonamides is 1. The molecule has 1 amide bonds. The molecule has 0 aliphatic rings. The molecule has 0 radical (unpaired) electrons. The Hall–Kier alpha value is -3.07. The molecule has 0 aromatic heterocycles. The van der Waals surface area contributed by atoms with Crippen LogP contribution in [-0.4, -0.2) is 33.7 Å². The number of halogens is 2. The summed E-state index contributed by atoms with van der Waals surface area (Å²) >= 11 is 12.2. The van der Waals surface area contributed by atoms with Crippen molar-refractivity contribution in [1.82, 2.24) is 5.43 Å². The lowest BCUT2D eigenvalue weighted by molar-refractivity contribution is -0.119. The average molecular weight is 534 g/mol. The lowest BCUT2D eigenvalue weighted by Gasteiger charge is -2.24. The van der Waals surface area contributed by atoms with E-state index in [-0.39, 0.29) is 15.6 Å². The first kappa shape index (κ1) is 26.5. The fourth-order valence-electron chi connectivity index (χ4n) is 2.96. The first-order valence-electron chi connectivity index (χ1n) is 10.7. The molecular weight excluding hydrogens is 509 g/mol. The van der Waals surface area contributed by atoms with Gasteiger partial charge >= 0.3 is 0 Å². The van der Waals surface area contributed by atoms with Gasteiger partial charge < -0.3 is 4.74 Å². The van der Waals surface area contributed by atoms with Gasteiger partial charge in [-0.05, 0) is 66.1 Å². The summed E-state index contributed by atoms with van der Waals surface area (Å²) in [5, 5.41) is 4.37. The zero-order valence-corrected chi connectivity index (χ0v) is 21.5. The molecule has 0 spiro atoms. The number of anilines is 1. The number of carbonyl (C=O) groups excluding carboxylic acids is 1. The first-order chi connectivity index (χ1) is 16.7. The Morgan fingerprint density at radius 2 is 1.74 bits per heavy atom. The van der Waals surface area contributed by atoms with Crippen molar-refractivity contribution in [3.63, 3.8) is 0 Å². The molecule has 0 atom stereocenters. The third-order valence-electron chi connectivity index (χ3n) is 4.66. The smallest absolute Gasteiger partial charge is 0.264 e. The van der Waals surface area contributed by atoms with Crippen LogP contribution in [0.15, 0.2) is 82.8 Å². The maximum absolute atomic E-state index is 13.3. The molecule has 3 rings (SSSR count). The Labute approximate surface area is 215 Å². The van der Waals surface area contributed by atoms with E-state index in [9.17, 15) is 13.2 Å². The summed E-state index contributed by atoms with van der Waals surface area (Å²) in [4.78, 5) is 12.7. The topological polar surface area (TPSA) is 88.1 Å². The van der Waals surface area contributed by atoms with E-state index in [1.54, 1.807) is 30.3 Å². The second kappa shape index (κ2) is 12.1. The highest BCUT2D eigenvalue weighted by Crippen LogP contribution is 2.32. The quantitative estimate of drug-likeness (QED) is 0.280. The zero-order chi connectivity index (χ0) is 25.4. The average Bonchev–Trinajstić information content (AvgIpc) is 2.83. The number of hydrogen-bond acceptors (Lipinski definition) is 5. The van der Waals surface area contributed by atoms with Gasteiger partial charge in [0.05, 0.1) is 28.4 Å². The van der Waals surface area contributed by atoms with Crippen LogP contribution in [-0.2, 0) is 14.8 Å². The Morgan fingerprint density at radius 1 is 1.06 bits per heavy atom. The SMILES string of the molecule is CC(C)COc1ccc(/C=N\NC(=O)CN(c2ccc(Cl)cc2Cl)S(=O)(=O)c2ccccc2)cc1. The van der Waals surface area contributed by atoms with Crippen molar-refractivity contribution < 1.29 is 17.9 Å². The Bertz CT molecular complexity index is 1280. The number of hydrazone groups is 1. The summed E-state index contributed by atoms with van der Waals surface area (Å²) in [7, 11) is -4.10. The molecule has 3 aromatic rings. The fourth-order valence-corrected chi connectivity index (χ4v) is 4.98. The van der Waals surface area contributed by atoms with E-state index in [4.69, 9.17) is 27.9 Å². The number of nitrogens with zero attached hydrogens (tertiary/aromatic N) is 2. The highest BCUT2D eigenvalue weighted by molar-refractivity contribution is 7.92. The van der Waals surface area contributed by atoms with Crippen LogP contribution in [0.4, 0.5) is 5.69 Å². The van der Waals surface area contributed by atoms with Crippen molar-refractivity contribution in [2.75, 3.05) is 17.5 Å². The minimum atomic E-state index is -4.10. The molecule has 1 N–H and O–H groups in total. The van der Waals surface area contributed by atoms with Crippen molar-refractivity contribution in [3.05, 3.63) is 88.4 Å². The highest BCUT2D eigenvalue weighted by atomic mass is 35.5. The molecule has 35 heavy (non-hydrogen) atoms. The molecule has 0 aliphatic heterocycles. The standard InChI is InChI=1S/C25H25Cl2N3O4S/c1-18(2)17-34-21-11-8-19(9-12-21)15-28-29-25(31)16-30(24-13-10-20(26)14-23(24)27)35(32,33)22-6-4-3-5-7-22/h3-15,18H,16-17H2,1-2H3,(H,29,31)/b28-15-. The van der Waals surface area contributed by atoms with Gasteiger partial charge in [-0.25, -0.2) is 13.8 Å². The molecule has 0 saturated carbocycles. The minimum Gasteiger partial charge on any atom is -0.493 e. The molecule has 10 heteroatoms. The van der Waals surface area contributed by atoms with Crippen LogP contribution in [0.25, 0.3) is 0 Å². The van der Waals surface area contributed by atoms with Crippen molar-refractivity contribution in [1.29, 1.82) is 0 Å². The van der Waals surface area contributed by atoms with Crippen molar-refractivity contribution in [2.24, 2.45) is 11.0 Å². The largest absolute Gasteiger partial charge is 0.493 e. The van der Waals surface area contributed by atoms with Gasteiger partial charge in [-0.3, -0.25) is 9.10 Å². The summed E-state index contributed by atoms with van der Waals surface area (Å²) in [5.41, 5.74) is 3.22. The van der Waals surface area contributed by atoms with Gasteiger partial charge in [0.15, 0.2) is 0 Å². The molecule has 0 fully saturated rings. The number of rotatable bonds is 10. The van der Waals surface area contributed by atoms with Crippen molar-refractivity contribution in [3.8, 4) is 5.75 Å². The Balaban J connectivity index is 1.75. The van der Waals surface area contributed by atoms with Crippen LogP contribution < -0.4 is 14.5 Å². The summed E-state index contributed by atoms with van der Waals surface area (Å²) in [6.07, 6.45) is 1.45. The van der Waals surface area contributed by atoms with E-state index in [1.165, 1.54) is 36.5 Å². The van der Waals surface area contributed by atoms with Crippen LogP contribution in [0, 0.1) is 5.92 Å². The number of carbonyl (C=O) groups is 1. The third kappa shape index (κ3) is 7.45. The molecule has 0 heterocycles. The van der Waals surface area contributed by atoms with E-state index in [2.05, 4.69) is 24.4 Å². The Kier molecular flexibility index (Phi) is 9.14. The van der Waals surface area contributed by atoms with Crippen LogP contribution in [0.5, 0.6) is 5.75 Å². The number of hydrogen-bond donors (Lipinski definition) is 1. The molecule has 3 aromatic carbocycles. The molecule has 0 bridgehead atoms. The van der Waals surface area contributed by atoms with Crippen LogP contribution in [0.3, 0.4) is 0 Å². The molecule has 0 saturated heterocycles. The zero-order valence-electron chi connectivity index (χ0n) is 19.2. The van der Waals surface area contributed by atoms with E-state index >= 15 is 0 Å². The summed E-state index contributed by atoms with van der Waals surface area (Å²) in [6.45, 7) is 4.20. The molecule has 7 nitrogen and oxygen atoms in total. The van der Waals surface area contributed by atoms with E-state index < -0.39 is 22.5 Å². The first-order valence-corrected chi connectivity index (χ1v) is 12.9. The van der Waals surface area contributed by atoms with E-state index in [0.717, 1.165) is 15.6 Å². The van der Waals surface area contributed by atoms with Crippen LogP contribution >= 0.6 is 23.2 Å². The number of nitrogens with one attached hydrogen (secondary N) is 1. The predicted octanol–water partition coefficient (Wildman–Crippen LogP) is 5.37. The third-order valence-corrected chi connectivity index (χ3v) is 6.97. The van der Waals surface area contributed by atoms with Gasteiger partial charge in [-0.15, -0.1) is 0 Å². The number of amides is 1. The maximum atomic E-state index is 13.3. The van der Waals surface area contributed by atoms with Gasteiger partial charge in [0.25, 0.3) is 15.9 Å². The number of benzene rings is 3. The number of ether oxygens (including phenoxy) is 1. The second-order valence-corrected chi connectivity index (χ2v) is 10.7. The highest BCUT2D eigenvalue weighted by Gasteiger charge is 2.28. The molecule has 184 valence electrons. The predicted molar refractivity (Wildman–Crippen MR) is 140 cm³/mol. The summed E-state index contributed by atoms with van der Waals surface area (Å²) in [6, 6.07) is 19.3. The van der Waals surface area contributed by atoms with Crippen LogP contribution in [0.1, 0.15) is 19.4 Å². The van der Waals surface area contributed by atoms with E-state index in [0.29, 0.717) is 17.5 Å². The lowest BCUT2D eigenvalue weighted by atomic mass is 10.2. The molecular formula is C25H25Cl2N3O4S. The minimum absolute atomic E-state index is 0.0158. The summed E-state index contributed by atoms with van der Waals surface area (Å²) < 4.78 is 33.2. The van der Waals surface area contributed by atoms with Gasteiger partial charge in [0.2, 0.25) is 0 Å². The van der Waals surface area contributed by atoms with Gasteiger partial charge in [-0.1, -0.05) is 55.2 Å². The van der Waals surface area contributed by atoms with Gasteiger partial charge in [-0.2, -0.15) is 5.10 Å². The van der Waals surface area contributed by atoms with E-state index in [1.807, 2.05) is 12.1 Å². The van der Waals surface area contributed by atoms with Gasteiger partial charge in [0, 0.05) is 5.02 Å².